The van der Waals surface area contributed by atoms with Gasteiger partial charge in [0.15, 0.2) is 0 Å². The Morgan fingerprint density at radius 1 is 1.56 bits per heavy atom. The molecule has 1 saturated heterocycles. The Morgan fingerprint density at radius 3 is 3.11 bits per heavy atom. The number of ether oxygens (including phenoxy) is 1. The molecule has 0 amide bonds. The summed E-state index contributed by atoms with van der Waals surface area (Å²) in [5.74, 6) is 0.587. The van der Waals surface area contributed by atoms with Crippen LogP contribution in [-0.4, -0.2) is 36.9 Å². The Morgan fingerprint density at radius 2 is 2.39 bits per heavy atom. The number of aliphatic hydroxyl groups is 1. The molecule has 100 valence electrons. The van der Waals surface area contributed by atoms with Crippen molar-refractivity contribution in [1.29, 1.82) is 0 Å². The summed E-state index contributed by atoms with van der Waals surface area (Å²) >= 11 is 0. The summed E-state index contributed by atoms with van der Waals surface area (Å²) in [6.45, 7) is 4.91. The molecule has 0 aromatic carbocycles. The third kappa shape index (κ3) is 3.00. The first-order valence-corrected chi connectivity index (χ1v) is 6.55. The van der Waals surface area contributed by atoms with Crippen LogP contribution in [-0.2, 0) is 11.3 Å². The lowest BCUT2D eigenvalue weighted by Gasteiger charge is -2.35. The SMILES string of the molecule is COCC1CCCN(c2cc(C)ncc2CO)C1. The van der Waals surface area contributed by atoms with E-state index in [1.54, 1.807) is 13.3 Å². The molecule has 1 N–H and O–H groups in total. The summed E-state index contributed by atoms with van der Waals surface area (Å²) in [7, 11) is 1.76. The van der Waals surface area contributed by atoms with Crippen LogP contribution in [0.15, 0.2) is 12.3 Å². The summed E-state index contributed by atoms with van der Waals surface area (Å²) in [5.41, 5.74) is 3.04. The number of methoxy groups -OCH3 is 1. The maximum absolute atomic E-state index is 9.42. The van der Waals surface area contributed by atoms with Gasteiger partial charge in [0.2, 0.25) is 0 Å². The van der Waals surface area contributed by atoms with E-state index in [1.165, 1.54) is 12.8 Å². The van der Waals surface area contributed by atoms with E-state index < -0.39 is 0 Å². The Labute approximate surface area is 109 Å². The molecular formula is C14H22N2O2. The van der Waals surface area contributed by atoms with Crippen molar-refractivity contribution in [1.82, 2.24) is 4.98 Å². The zero-order chi connectivity index (χ0) is 13.0. The Balaban J connectivity index is 2.17. The highest BCUT2D eigenvalue weighted by atomic mass is 16.5. The fourth-order valence-electron chi connectivity index (χ4n) is 2.65. The van der Waals surface area contributed by atoms with Crippen LogP contribution in [0.1, 0.15) is 24.1 Å². The lowest BCUT2D eigenvalue weighted by atomic mass is 9.98. The van der Waals surface area contributed by atoms with Crippen LogP contribution in [0.5, 0.6) is 0 Å². The molecule has 4 nitrogen and oxygen atoms in total. The second kappa shape index (κ2) is 6.16. The molecule has 1 aliphatic heterocycles. The molecule has 1 unspecified atom stereocenters. The lowest BCUT2D eigenvalue weighted by molar-refractivity contribution is 0.143. The number of hydrogen-bond donors (Lipinski definition) is 1. The quantitative estimate of drug-likeness (QED) is 0.884. The molecule has 1 aromatic heterocycles. The van der Waals surface area contributed by atoms with Crippen LogP contribution in [0, 0.1) is 12.8 Å². The van der Waals surface area contributed by atoms with E-state index in [2.05, 4.69) is 16.0 Å². The predicted molar refractivity (Wildman–Crippen MR) is 71.7 cm³/mol. The molecule has 0 aliphatic carbocycles. The molecule has 2 rings (SSSR count). The van der Waals surface area contributed by atoms with Gasteiger partial charge in [-0.2, -0.15) is 0 Å². The largest absolute Gasteiger partial charge is 0.392 e. The van der Waals surface area contributed by atoms with Crippen LogP contribution in [0.25, 0.3) is 0 Å². The molecule has 1 aliphatic rings. The van der Waals surface area contributed by atoms with Gasteiger partial charge >= 0.3 is 0 Å². The highest BCUT2D eigenvalue weighted by molar-refractivity contribution is 5.53. The predicted octanol–water partition coefficient (Wildman–Crippen LogP) is 1.75. The third-order valence-corrected chi connectivity index (χ3v) is 3.53. The van der Waals surface area contributed by atoms with Gasteiger partial charge in [0.05, 0.1) is 13.2 Å². The summed E-state index contributed by atoms with van der Waals surface area (Å²) in [4.78, 5) is 6.60. The molecule has 1 aromatic rings. The molecule has 0 saturated carbocycles. The van der Waals surface area contributed by atoms with Crippen molar-refractivity contribution in [3.05, 3.63) is 23.5 Å². The number of anilines is 1. The van der Waals surface area contributed by atoms with E-state index >= 15 is 0 Å². The van der Waals surface area contributed by atoms with Gasteiger partial charge in [0.25, 0.3) is 0 Å². The average molecular weight is 250 g/mol. The maximum atomic E-state index is 9.42. The third-order valence-electron chi connectivity index (χ3n) is 3.53. The molecule has 0 radical (unpaired) electrons. The van der Waals surface area contributed by atoms with Gasteiger partial charge in [-0.3, -0.25) is 4.98 Å². The van der Waals surface area contributed by atoms with Gasteiger partial charge < -0.3 is 14.7 Å². The summed E-state index contributed by atoms with van der Waals surface area (Å²) in [5, 5.41) is 9.42. The van der Waals surface area contributed by atoms with Gasteiger partial charge in [-0.25, -0.2) is 0 Å². The first kappa shape index (κ1) is 13.3. The van der Waals surface area contributed by atoms with Crippen molar-refractivity contribution in [2.75, 3.05) is 31.7 Å². The van der Waals surface area contributed by atoms with Crippen molar-refractivity contribution in [3.8, 4) is 0 Å². The molecule has 1 fully saturated rings. The molecule has 2 heterocycles. The molecule has 0 spiro atoms. The van der Waals surface area contributed by atoms with Crippen LogP contribution in [0.4, 0.5) is 5.69 Å². The smallest absolute Gasteiger partial charge is 0.0717 e. The van der Waals surface area contributed by atoms with Gasteiger partial charge in [-0.1, -0.05) is 0 Å². The molecule has 0 bridgehead atoms. The zero-order valence-electron chi connectivity index (χ0n) is 11.2. The van der Waals surface area contributed by atoms with E-state index in [-0.39, 0.29) is 6.61 Å². The molecular weight excluding hydrogens is 228 g/mol. The van der Waals surface area contributed by atoms with Gasteiger partial charge in [-0.05, 0) is 31.7 Å². The van der Waals surface area contributed by atoms with E-state index in [1.807, 2.05) is 6.92 Å². The fraction of sp³-hybridized carbons (Fsp3) is 0.643. The number of hydrogen-bond acceptors (Lipinski definition) is 4. The van der Waals surface area contributed by atoms with Crippen molar-refractivity contribution in [3.63, 3.8) is 0 Å². The van der Waals surface area contributed by atoms with Gasteiger partial charge in [-0.15, -0.1) is 0 Å². The Bertz CT molecular complexity index is 393. The average Bonchev–Trinajstić information content (AvgIpc) is 2.39. The van der Waals surface area contributed by atoms with Crippen molar-refractivity contribution in [2.24, 2.45) is 5.92 Å². The number of aromatic nitrogens is 1. The van der Waals surface area contributed by atoms with Gasteiger partial charge in [0.1, 0.15) is 0 Å². The first-order valence-electron chi connectivity index (χ1n) is 6.55. The van der Waals surface area contributed by atoms with Crippen LogP contribution in [0.3, 0.4) is 0 Å². The van der Waals surface area contributed by atoms with E-state index in [9.17, 15) is 5.11 Å². The topological polar surface area (TPSA) is 45.6 Å². The standard InChI is InChI=1S/C14H22N2O2/c1-11-6-14(13(9-17)7-15-11)16-5-3-4-12(8-16)10-18-2/h6-7,12,17H,3-5,8-10H2,1-2H3. The van der Waals surface area contributed by atoms with Crippen LogP contribution in [0.2, 0.25) is 0 Å². The number of aryl methyl sites for hydroxylation is 1. The number of pyridine rings is 1. The fourth-order valence-corrected chi connectivity index (χ4v) is 2.65. The van der Waals surface area contributed by atoms with Gasteiger partial charge in [0, 0.05) is 43.3 Å². The number of rotatable bonds is 4. The van der Waals surface area contributed by atoms with Crippen molar-refractivity contribution < 1.29 is 9.84 Å². The minimum atomic E-state index is 0.0497. The minimum absolute atomic E-state index is 0.0497. The first-order chi connectivity index (χ1) is 8.74. The highest BCUT2D eigenvalue weighted by Gasteiger charge is 2.21. The number of aliphatic hydroxyl groups excluding tert-OH is 1. The second-order valence-corrected chi connectivity index (χ2v) is 5.02. The Kier molecular flexibility index (Phi) is 4.55. The van der Waals surface area contributed by atoms with Crippen LogP contribution >= 0.6 is 0 Å². The van der Waals surface area contributed by atoms with Crippen molar-refractivity contribution in [2.45, 2.75) is 26.4 Å². The normalized spacial score (nSPS) is 20.2. The Hall–Kier alpha value is -1.13. The molecule has 1 atom stereocenters. The lowest BCUT2D eigenvalue weighted by Crippen LogP contribution is -2.37. The summed E-state index contributed by atoms with van der Waals surface area (Å²) in [6, 6.07) is 2.07. The minimum Gasteiger partial charge on any atom is -0.392 e. The summed E-state index contributed by atoms with van der Waals surface area (Å²) < 4.78 is 5.26. The molecule has 4 heteroatoms. The number of piperidine rings is 1. The van der Waals surface area contributed by atoms with Crippen LogP contribution < -0.4 is 4.90 Å². The number of nitrogens with zero attached hydrogens (tertiary/aromatic N) is 2. The van der Waals surface area contributed by atoms with E-state index in [0.29, 0.717) is 5.92 Å². The molecule has 18 heavy (non-hydrogen) atoms. The highest BCUT2D eigenvalue weighted by Crippen LogP contribution is 2.26. The van der Waals surface area contributed by atoms with E-state index in [4.69, 9.17) is 4.74 Å². The summed E-state index contributed by atoms with van der Waals surface area (Å²) in [6.07, 6.45) is 4.19. The zero-order valence-corrected chi connectivity index (χ0v) is 11.2. The second-order valence-electron chi connectivity index (χ2n) is 5.02. The van der Waals surface area contributed by atoms with Crippen molar-refractivity contribution >= 4 is 5.69 Å². The monoisotopic (exact) mass is 250 g/mol. The maximum Gasteiger partial charge on any atom is 0.0717 e. The van der Waals surface area contributed by atoms with E-state index in [0.717, 1.165) is 36.6 Å².